The lowest BCUT2D eigenvalue weighted by Gasteiger charge is -2.16. The number of carboxylic acid groups (broad SMARTS) is 1. The van der Waals surface area contributed by atoms with Crippen molar-refractivity contribution in [2.24, 2.45) is 0 Å². The first-order valence-corrected chi connectivity index (χ1v) is 9.98. The van der Waals surface area contributed by atoms with E-state index in [4.69, 9.17) is 9.84 Å². The third-order valence-corrected chi connectivity index (χ3v) is 4.44. The molecule has 0 aliphatic carbocycles. The van der Waals surface area contributed by atoms with Crippen molar-refractivity contribution < 1.29 is 30.0 Å². The molecule has 158 valence electrons. The number of rotatable bonds is 13. The van der Waals surface area contributed by atoms with Gasteiger partial charge in [-0.25, -0.2) is 0 Å². The van der Waals surface area contributed by atoms with Crippen LogP contribution in [0.1, 0.15) is 51.9 Å². The van der Waals surface area contributed by atoms with Crippen molar-refractivity contribution in [3.05, 3.63) is 48.6 Å². The number of ether oxygens (including phenoxy) is 1. The van der Waals surface area contributed by atoms with E-state index in [0.29, 0.717) is 25.7 Å². The first kappa shape index (κ1) is 24.3. The topological polar surface area (TPSA) is 107 Å². The lowest BCUT2D eigenvalue weighted by atomic mass is 10.0. The van der Waals surface area contributed by atoms with Crippen LogP contribution in [0.5, 0.6) is 0 Å². The van der Waals surface area contributed by atoms with Crippen LogP contribution in [-0.2, 0) is 9.53 Å². The van der Waals surface area contributed by atoms with Gasteiger partial charge in [-0.1, -0.05) is 55.5 Å². The van der Waals surface area contributed by atoms with E-state index in [1.165, 1.54) is 6.08 Å². The first-order valence-electron chi connectivity index (χ1n) is 9.98. The number of hydrogen-bond acceptors (Lipinski definition) is 5. The van der Waals surface area contributed by atoms with Crippen LogP contribution >= 0.6 is 0 Å². The standard InChI is InChI=1S/C22H34O6/c1-2-3-4-5-6-8-11-17(23)14-15-18(24)21-16-19(25)20(28-21)12-9-7-10-13-22(26)27/h3-4,6-9,14-15,17-21,23-25H,2,5,10-13,16H2,1H3,(H,26,27)/b4-3-,8-6-,9-7-,15-14+/t17-,18+,19+,20+,21+/m1/s1. The Labute approximate surface area is 167 Å². The fourth-order valence-corrected chi connectivity index (χ4v) is 2.87. The van der Waals surface area contributed by atoms with E-state index in [1.54, 1.807) is 18.2 Å². The number of hydrogen-bond donors (Lipinski definition) is 4. The Bertz CT molecular complexity index is 551. The highest BCUT2D eigenvalue weighted by Gasteiger charge is 2.36. The van der Waals surface area contributed by atoms with Gasteiger partial charge in [-0.05, 0) is 32.1 Å². The molecule has 1 aliphatic rings. The molecule has 6 nitrogen and oxygen atoms in total. The third kappa shape index (κ3) is 10.6. The van der Waals surface area contributed by atoms with Crippen molar-refractivity contribution in [3.63, 3.8) is 0 Å². The molecule has 28 heavy (non-hydrogen) atoms. The van der Waals surface area contributed by atoms with Crippen LogP contribution < -0.4 is 0 Å². The van der Waals surface area contributed by atoms with Crippen LogP contribution in [0.15, 0.2) is 48.6 Å². The van der Waals surface area contributed by atoms with Crippen molar-refractivity contribution in [1.29, 1.82) is 0 Å². The molecule has 1 fully saturated rings. The van der Waals surface area contributed by atoms with Gasteiger partial charge in [0.2, 0.25) is 0 Å². The van der Waals surface area contributed by atoms with Gasteiger partial charge in [0.25, 0.3) is 0 Å². The van der Waals surface area contributed by atoms with Gasteiger partial charge in [0, 0.05) is 12.8 Å². The second-order valence-corrected chi connectivity index (χ2v) is 6.92. The van der Waals surface area contributed by atoms with E-state index in [-0.39, 0.29) is 6.42 Å². The minimum atomic E-state index is -0.901. The lowest BCUT2D eigenvalue weighted by molar-refractivity contribution is -0.136. The van der Waals surface area contributed by atoms with E-state index in [9.17, 15) is 20.1 Å². The zero-order valence-electron chi connectivity index (χ0n) is 16.6. The molecule has 5 atom stereocenters. The molecule has 0 saturated carbocycles. The van der Waals surface area contributed by atoms with Crippen LogP contribution in [0.25, 0.3) is 0 Å². The summed E-state index contributed by atoms with van der Waals surface area (Å²) in [5.74, 6) is -0.845. The number of aliphatic hydroxyl groups excluding tert-OH is 3. The number of aliphatic carboxylic acids is 1. The maximum absolute atomic E-state index is 10.5. The highest BCUT2D eigenvalue weighted by atomic mass is 16.5. The average molecular weight is 395 g/mol. The van der Waals surface area contributed by atoms with Crippen molar-refractivity contribution >= 4 is 5.97 Å². The molecule has 4 N–H and O–H groups in total. The second-order valence-electron chi connectivity index (χ2n) is 6.92. The van der Waals surface area contributed by atoms with Gasteiger partial charge >= 0.3 is 5.97 Å². The molecule has 0 amide bonds. The predicted octanol–water partition coefficient (Wildman–Crippen LogP) is 2.90. The van der Waals surface area contributed by atoms with Crippen LogP contribution in [0.3, 0.4) is 0 Å². The largest absolute Gasteiger partial charge is 0.481 e. The molecule has 1 saturated heterocycles. The zero-order chi connectivity index (χ0) is 20.8. The molecule has 0 bridgehead atoms. The quantitative estimate of drug-likeness (QED) is 0.358. The fourth-order valence-electron chi connectivity index (χ4n) is 2.87. The molecule has 1 heterocycles. The second kappa shape index (κ2) is 14.3. The van der Waals surface area contributed by atoms with Gasteiger partial charge in [-0.2, -0.15) is 0 Å². The summed E-state index contributed by atoms with van der Waals surface area (Å²) < 4.78 is 5.71. The molecule has 0 spiro atoms. The Kier molecular flexibility index (Phi) is 12.4. The molecule has 0 aromatic rings. The minimum absolute atomic E-state index is 0.0731. The normalized spacial score (nSPS) is 25.5. The van der Waals surface area contributed by atoms with Crippen LogP contribution in [0.2, 0.25) is 0 Å². The van der Waals surface area contributed by atoms with E-state index in [0.717, 1.165) is 12.8 Å². The molecule has 1 rings (SSSR count). The molecule has 0 aromatic carbocycles. The van der Waals surface area contributed by atoms with Gasteiger partial charge in [-0.3, -0.25) is 4.79 Å². The Balaban J connectivity index is 2.33. The summed E-state index contributed by atoms with van der Waals surface area (Å²) >= 11 is 0. The molecule has 0 aromatic heterocycles. The summed E-state index contributed by atoms with van der Waals surface area (Å²) in [5, 5.41) is 38.8. The summed E-state index contributed by atoms with van der Waals surface area (Å²) in [7, 11) is 0. The molecule has 1 aliphatic heterocycles. The van der Waals surface area contributed by atoms with Gasteiger partial charge in [-0.15, -0.1) is 0 Å². The minimum Gasteiger partial charge on any atom is -0.481 e. The van der Waals surface area contributed by atoms with Crippen LogP contribution in [0.4, 0.5) is 0 Å². The Hall–Kier alpha value is -1.73. The van der Waals surface area contributed by atoms with Crippen molar-refractivity contribution in [1.82, 2.24) is 0 Å². The lowest BCUT2D eigenvalue weighted by Crippen LogP contribution is -2.24. The third-order valence-electron chi connectivity index (χ3n) is 4.44. The number of aliphatic hydroxyl groups is 3. The monoisotopic (exact) mass is 394 g/mol. The van der Waals surface area contributed by atoms with E-state index >= 15 is 0 Å². The fraction of sp³-hybridized carbons (Fsp3) is 0.591. The van der Waals surface area contributed by atoms with Crippen molar-refractivity contribution in [2.45, 2.75) is 82.4 Å². The smallest absolute Gasteiger partial charge is 0.303 e. The summed E-state index contributed by atoms with van der Waals surface area (Å²) in [5.41, 5.74) is 0. The summed E-state index contributed by atoms with van der Waals surface area (Å²) in [6.07, 6.45) is 15.1. The Morgan fingerprint density at radius 2 is 1.86 bits per heavy atom. The van der Waals surface area contributed by atoms with Gasteiger partial charge in [0.05, 0.1) is 30.5 Å². The van der Waals surface area contributed by atoms with Gasteiger partial charge in [0.1, 0.15) is 0 Å². The molecular formula is C22H34O6. The van der Waals surface area contributed by atoms with E-state index in [1.807, 2.05) is 12.2 Å². The highest BCUT2D eigenvalue weighted by molar-refractivity contribution is 5.66. The number of carbonyl (C=O) groups is 1. The van der Waals surface area contributed by atoms with Gasteiger partial charge < -0.3 is 25.2 Å². The molecule has 0 unspecified atom stereocenters. The number of carboxylic acids is 1. The molecular weight excluding hydrogens is 360 g/mol. The van der Waals surface area contributed by atoms with Crippen LogP contribution in [-0.4, -0.2) is 56.9 Å². The van der Waals surface area contributed by atoms with Crippen molar-refractivity contribution in [3.8, 4) is 0 Å². The maximum Gasteiger partial charge on any atom is 0.303 e. The summed E-state index contributed by atoms with van der Waals surface area (Å²) in [6, 6.07) is 0. The highest BCUT2D eigenvalue weighted by Crippen LogP contribution is 2.26. The van der Waals surface area contributed by atoms with Crippen molar-refractivity contribution in [2.75, 3.05) is 0 Å². The van der Waals surface area contributed by atoms with E-state index < -0.39 is 36.5 Å². The van der Waals surface area contributed by atoms with Crippen LogP contribution in [0, 0.1) is 0 Å². The summed E-state index contributed by atoms with van der Waals surface area (Å²) in [4.78, 5) is 10.5. The maximum atomic E-state index is 10.5. The first-order chi connectivity index (χ1) is 13.4. The zero-order valence-corrected chi connectivity index (χ0v) is 16.6. The Morgan fingerprint density at radius 1 is 1.11 bits per heavy atom. The molecule has 0 radical (unpaired) electrons. The summed E-state index contributed by atoms with van der Waals surface area (Å²) in [6.45, 7) is 2.08. The molecule has 6 heteroatoms. The average Bonchev–Trinajstić information content (AvgIpc) is 3.03. The van der Waals surface area contributed by atoms with E-state index in [2.05, 4.69) is 19.1 Å². The van der Waals surface area contributed by atoms with Gasteiger partial charge in [0.15, 0.2) is 0 Å². The SMILES string of the molecule is CC/C=C\C/C=C\C[C@@H](O)/C=C/[C@H](O)[C@@H]1C[C@H](O)[C@H](C/C=C\CCC(=O)O)O1. The number of allylic oxidation sites excluding steroid dienone is 4. The Morgan fingerprint density at radius 3 is 2.57 bits per heavy atom. The predicted molar refractivity (Wildman–Crippen MR) is 109 cm³/mol.